The number of hydrogen-bond donors (Lipinski definition) is 1. The standard InChI is InChI=1S/C24H21N3O6S/c1-31-17-4-2-3-15(9-17)11-25-21(28)13-26-18-7-8-34-22(18)23(29)27(24(26)30)12-16-5-6-19-20(10-16)33-14-32-19/h2-10H,11-14H2,1H3,(H,25,28). The summed E-state index contributed by atoms with van der Waals surface area (Å²) in [5.74, 6) is 1.54. The van der Waals surface area contributed by atoms with Gasteiger partial charge in [0.05, 0.1) is 19.2 Å². The molecule has 0 spiro atoms. The number of rotatable bonds is 7. The van der Waals surface area contributed by atoms with Gasteiger partial charge in [0.15, 0.2) is 11.5 Å². The highest BCUT2D eigenvalue weighted by molar-refractivity contribution is 7.17. The van der Waals surface area contributed by atoms with Gasteiger partial charge in [-0.1, -0.05) is 18.2 Å². The summed E-state index contributed by atoms with van der Waals surface area (Å²) in [5.41, 5.74) is 1.09. The Morgan fingerprint density at radius 2 is 1.91 bits per heavy atom. The van der Waals surface area contributed by atoms with Crippen LogP contribution in [-0.2, 0) is 24.4 Å². The van der Waals surface area contributed by atoms with Crippen LogP contribution in [0.25, 0.3) is 10.2 Å². The first kappa shape index (κ1) is 21.8. The zero-order valence-electron chi connectivity index (χ0n) is 18.3. The second-order valence-corrected chi connectivity index (χ2v) is 8.63. The quantitative estimate of drug-likeness (QED) is 0.437. The Bertz CT molecular complexity index is 1500. The zero-order chi connectivity index (χ0) is 23.7. The Kier molecular flexibility index (Phi) is 5.81. The molecule has 174 valence electrons. The summed E-state index contributed by atoms with van der Waals surface area (Å²) >= 11 is 1.24. The Balaban J connectivity index is 1.42. The fraction of sp³-hybridized carbons (Fsp3) is 0.208. The summed E-state index contributed by atoms with van der Waals surface area (Å²) in [7, 11) is 1.58. The van der Waals surface area contributed by atoms with Crippen molar-refractivity contribution < 1.29 is 19.0 Å². The van der Waals surface area contributed by atoms with Gasteiger partial charge in [0.1, 0.15) is 17.0 Å². The van der Waals surface area contributed by atoms with E-state index in [1.165, 1.54) is 15.9 Å². The smallest absolute Gasteiger partial charge is 0.332 e. The number of carbonyl (C=O) groups is 1. The number of methoxy groups -OCH3 is 1. The minimum absolute atomic E-state index is 0.0492. The van der Waals surface area contributed by atoms with Gasteiger partial charge in [0, 0.05) is 6.54 Å². The monoisotopic (exact) mass is 479 g/mol. The number of fused-ring (bicyclic) bond motifs is 2. The van der Waals surface area contributed by atoms with Gasteiger partial charge in [-0.15, -0.1) is 11.3 Å². The van der Waals surface area contributed by atoms with E-state index < -0.39 is 5.69 Å². The number of thiophene rings is 1. The third-order valence-electron chi connectivity index (χ3n) is 5.54. The van der Waals surface area contributed by atoms with Gasteiger partial charge >= 0.3 is 5.69 Å². The van der Waals surface area contributed by atoms with E-state index in [1.807, 2.05) is 24.3 Å². The lowest BCUT2D eigenvalue weighted by atomic mass is 10.2. The summed E-state index contributed by atoms with van der Waals surface area (Å²) in [4.78, 5) is 39.1. The largest absolute Gasteiger partial charge is 0.497 e. The van der Waals surface area contributed by atoms with Crippen molar-refractivity contribution in [1.29, 1.82) is 0 Å². The number of nitrogens with one attached hydrogen (secondary N) is 1. The van der Waals surface area contributed by atoms with Crippen LogP contribution in [-0.4, -0.2) is 28.9 Å². The molecule has 2 aromatic heterocycles. The fourth-order valence-electron chi connectivity index (χ4n) is 3.83. The van der Waals surface area contributed by atoms with Gasteiger partial charge in [0.2, 0.25) is 12.7 Å². The third kappa shape index (κ3) is 4.15. The van der Waals surface area contributed by atoms with Crippen molar-refractivity contribution in [2.45, 2.75) is 19.6 Å². The first-order valence-electron chi connectivity index (χ1n) is 10.5. The molecule has 1 N–H and O–H groups in total. The maximum Gasteiger partial charge on any atom is 0.332 e. The van der Waals surface area contributed by atoms with Crippen molar-refractivity contribution in [3.63, 3.8) is 0 Å². The van der Waals surface area contributed by atoms with E-state index in [4.69, 9.17) is 14.2 Å². The molecule has 9 nitrogen and oxygen atoms in total. The van der Waals surface area contributed by atoms with Gasteiger partial charge in [-0.05, 0) is 46.8 Å². The van der Waals surface area contributed by atoms with Gasteiger partial charge < -0.3 is 19.5 Å². The van der Waals surface area contributed by atoms with Crippen LogP contribution in [0.2, 0.25) is 0 Å². The summed E-state index contributed by atoms with van der Waals surface area (Å²) in [6, 6.07) is 14.3. The van der Waals surface area contributed by atoms with E-state index in [0.29, 0.717) is 33.0 Å². The molecule has 1 amide bonds. The molecule has 0 atom stereocenters. The molecule has 1 aliphatic heterocycles. The second-order valence-electron chi connectivity index (χ2n) is 7.71. The molecule has 34 heavy (non-hydrogen) atoms. The van der Waals surface area contributed by atoms with Crippen LogP contribution in [0.3, 0.4) is 0 Å². The van der Waals surface area contributed by atoms with Crippen LogP contribution < -0.4 is 30.8 Å². The van der Waals surface area contributed by atoms with Crippen LogP contribution >= 0.6 is 11.3 Å². The molecule has 1 aliphatic rings. The average molecular weight is 480 g/mol. The molecule has 2 aromatic carbocycles. The van der Waals surface area contributed by atoms with Crippen molar-refractivity contribution in [2.75, 3.05) is 13.9 Å². The van der Waals surface area contributed by atoms with Gasteiger partial charge in [-0.3, -0.25) is 18.7 Å². The molecule has 5 rings (SSSR count). The molecular formula is C24H21N3O6S. The van der Waals surface area contributed by atoms with Gasteiger partial charge in [0.25, 0.3) is 5.56 Å². The predicted molar refractivity (Wildman–Crippen MR) is 127 cm³/mol. The van der Waals surface area contributed by atoms with Crippen molar-refractivity contribution in [3.8, 4) is 17.2 Å². The van der Waals surface area contributed by atoms with E-state index in [9.17, 15) is 14.4 Å². The molecule has 0 radical (unpaired) electrons. The first-order valence-corrected chi connectivity index (χ1v) is 11.4. The number of nitrogens with zero attached hydrogens (tertiary/aromatic N) is 2. The van der Waals surface area contributed by atoms with E-state index >= 15 is 0 Å². The van der Waals surface area contributed by atoms with Gasteiger partial charge in [-0.25, -0.2) is 4.79 Å². The molecule has 0 saturated heterocycles. The summed E-state index contributed by atoms with van der Waals surface area (Å²) in [5, 5.41) is 4.56. The minimum atomic E-state index is -0.551. The number of ether oxygens (including phenoxy) is 3. The molecule has 0 saturated carbocycles. The third-order valence-corrected chi connectivity index (χ3v) is 6.43. The number of benzene rings is 2. The predicted octanol–water partition coefficient (Wildman–Crippen LogP) is 2.33. The van der Waals surface area contributed by atoms with Crippen LogP contribution in [0.5, 0.6) is 17.2 Å². The van der Waals surface area contributed by atoms with Crippen LogP contribution in [0, 0.1) is 0 Å². The number of hydrogen-bond acceptors (Lipinski definition) is 7. The lowest BCUT2D eigenvalue weighted by Gasteiger charge is -2.13. The Labute approximate surface area is 197 Å². The van der Waals surface area contributed by atoms with Crippen molar-refractivity contribution in [1.82, 2.24) is 14.5 Å². The average Bonchev–Trinajstić information content (AvgIpc) is 3.53. The highest BCUT2D eigenvalue weighted by Gasteiger charge is 2.18. The normalized spacial score (nSPS) is 12.1. The zero-order valence-corrected chi connectivity index (χ0v) is 19.1. The van der Waals surface area contributed by atoms with Crippen LogP contribution in [0.1, 0.15) is 11.1 Å². The second kappa shape index (κ2) is 9.06. The number of amides is 1. The summed E-state index contributed by atoms with van der Waals surface area (Å²) < 4.78 is 18.8. The van der Waals surface area contributed by atoms with Crippen LogP contribution in [0.4, 0.5) is 0 Å². The summed E-state index contributed by atoms with van der Waals surface area (Å²) in [6.45, 7) is 0.261. The van der Waals surface area contributed by atoms with Gasteiger partial charge in [-0.2, -0.15) is 0 Å². The maximum atomic E-state index is 13.3. The Morgan fingerprint density at radius 3 is 2.76 bits per heavy atom. The van der Waals surface area contributed by atoms with E-state index in [2.05, 4.69) is 5.32 Å². The molecule has 10 heteroatoms. The number of aromatic nitrogens is 2. The number of carbonyl (C=O) groups excluding carboxylic acids is 1. The lowest BCUT2D eigenvalue weighted by Crippen LogP contribution is -2.42. The SMILES string of the molecule is COc1cccc(CNC(=O)Cn2c(=O)n(Cc3ccc4c(c3)OCO4)c(=O)c3sccc32)c1. The highest BCUT2D eigenvalue weighted by atomic mass is 32.1. The fourth-order valence-corrected chi connectivity index (χ4v) is 4.67. The summed E-state index contributed by atoms with van der Waals surface area (Å²) in [6.07, 6.45) is 0. The molecule has 0 bridgehead atoms. The van der Waals surface area contributed by atoms with E-state index in [0.717, 1.165) is 10.1 Å². The topological polar surface area (TPSA) is 101 Å². The Hall–Kier alpha value is -4.05. The molecule has 0 fully saturated rings. The lowest BCUT2D eigenvalue weighted by molar-refractivity contribution is -0.121. The van der Waals surface area contributed by atoms with Crippen LogP contribution in [0.15, 0.2) is 63.5 Å². The van der Waals surface area contributed by atoms with Crippen molar-refractivity contribution >= 4 is 27.5 Å². The van der Waals surface area contributed by atoms with Crippen molar-refractivity contribution in [2.24, 2.45) is 0 Å². The molecule has 3 heterocycles. The van der Waals surface area contributed by atoms with E-state index in [1.54, 1.807) is 36.8 Å². The highest BCUT2D eigenvalue weighted by Crippen LogP contribution is 2.32. The molecule has 0 unspecified atom stereocenters. The molecule has 0 aliphatic carbocycles. The van der Waals surface area contributed by atoms with E-state index in [-0.39, 0.29) is 37.9 Å². The Morgan fingerprint density at radius 1 is 1.06 bits per heavy atom. The molecule has 4 aromatic rings. The minimum Gasteiger partial charge on any atom is -0.497 e. The molecular weight excluding hydrogens is 458 g/mol. The maximum absolute atomic E-state index is 13.3. The van der Waals surface area contributed by atoms with Crippen molar-refractivity contribution in [3.05, 3.63) is 85.9 Å². The first-order chi connectivity index (χ1) is 16.5.